The Labute approximate surface area is 161 Å². The van der Waals surface area contributed by atoms with Gasteiger partial charge in [0.25, 0.3) is 11.4 Å². The van der Waals surface area contributed by atoms with E-state index in [1.165, 1.54) is 0 Å². The third-order valence-electron chi connectivity index (χ3n) is 2.36. The Kier molecular flexibility index (Phi) is 12.5. The Hall–Kier alpha value is -2.62. The van der Waals surface area contributed by atoms with Gasteiger partial charge in [-0.1, -0.05) is 30.6 Å². The second-order valence-corrected chi connectivity index (χ2v) is 5.06. The maximum atomic E-state index is 10.3. The lowest BCUT2D eigenvalue weighted by molar-refractivity contribution is -0.394. The number of aliphatic hydroxyl groups is 1. The first kappa shape index (κ1) is 25.6. The van der Waals surface area contributed by atoms with E-state index in [4.69, 9.17) is 39.8 Å². The van der Waals surface area contributed by atoms with E-state index in [0.717, 1.165) is 18.2 Å². The van der Waals surface area contributed by atoms with E-state index in [1.807, 2.05) is 0 Å². The summed E-state index contributed by atoms with van der Waals surface area (Å²) in [5.41, 5.74) is 11.1. The highest BCUT2D eigenvalue weighted by atomic mass is 35.5. The fraction of sp³-hybridized carbons (Fsp3) is 0.200. The zero-order valence-electron chi connectivity index (χ0n) is 14.1. The summed E-state index contributed by atoms with van der Waals surface area (Å²) in [5.74, 6) is 0. The average molecular weight is 409 g/mol. The molecule has 2 rings (SSSR count). The van der Waals surface area contributed by atoms with E-state index in [-0.39, 0.29) is 26.2 Å². The molecular weight excluding hydrogens is 387 g/mol. The molecule has 0 spiro atoms. The van der Waals surface area contributed by atoms with Gasteiger partial charge >= 0.3 is 0 Å². The third kappa shape index (κ3) is 9.02. The number of halogens is 2. The summed E-state index contributed by atoms with van der Waals surface area (Å²) in [5, 5.41) is 28.5. The van der Waals surface area contributed by atoms with Gasteiger partial charge in [0.05, 0.1) is 26.6 Å². The van der Waals surface area contributed by atoms with Gasteiger partial charge < -0.3 is 18.0 Å². The fourth-order valence-corrected chi connectivity index (χ4v) is 1.62. The number of aliphatic hydroxyl groups excluding tert-OH is 1. The number of nitro benzene ring substituents is 2. The Bertz CT molecular complexity index is 750. The summed E-state index contributed by atoms with van der Waals surface area (Å²) < 4.78 is 0. The molecule has 0 aliphatic heterocycles. The molecule has 0 amide bonds. The molecule has 0 bridgehead atoms. The van der Waals surface area contributed by atoms with Crippen LogP contribution in [0, 0.1) is 20.2 Å². The van der Waals surface area contributed by atoms with E-state index < -0.39 is 15.5 Å². The van der Waals surface area contributed by atoms with Crippen molar-refractivity contribution in [3.05, 3.63) is 66.7 Å². The summed E-state index contributed by atoms with van der Waals surface area (Å²) in [6.45, 7) is 1.93. The minimum Gasteiger partial charge on any atom is -1.00 e. The molecule has 2 aromatic rings. The topological polar surface area (TPSA) is 159 Å². The molecule has 9 nitrogen and oxygen atoms in total. The van der Waals surface area contributed by atoms with Crippen LogP contribution in [0.4, 0.5) is 22.7 Å². The van der Waals surface area contributed by atoms with Crippen molar-refractivity contribution in [2.45, 2.75) is 14.4 Å². The highest BCUT2D eigenvalue weighted by Crippen LogP contribution is 2.28. The van der Waals surface area contributed by atoms with E-state index >= 15 is 0 Å². The van der Waals surface area contributed by atoms with Gasteiger partial charge in [0.1, 0.15) is 5.02 Å². The number of hydrogen-bond donors (Lipinski definition) is 3. The Balaban J connectivity index is -0.000000363. The highest BCUT2D eigenvalue weighted by Gasteiger charge is 2.17. The molecule has 0 saturated heterocycles. The van der Waals surface area contributed by atoms with Crippen molar-refractivity contribution in [3.63, 3.8) is 0 Å². The molecule has 2 aromatic carbocycles. The molecule has 0 aromatic heterocycles. The Morgan fingerprint density at radius 3 is 1.92 bits per heavy atom. The number of rotatable bonds is 2. The number of nitrogens with zero attached hydrogens (tertiary/aromatic N) is 2. The normalized spacial score (nSPS) is 8.77. The molecule has 0 atom stereocenters. The van der Waals surface area contributed by atoms with Crippen molar-refractivity contribution in [2.75, 3.05) is 18.1 Å². The fourth-order valence-electron chi connectivity index (χ4n) is 1.32. The van der Waals surface area contributed by atoms with Crippen molar-refractivity contribution in [1.29, 1.82) is 0 Å². The largest absolute Gasteiger partial charge is 1.00 e. The number of nitro groups is 2. The van der Waals surface area contributed by atoms with Crippen molar-refractivity contribution in [1.82, 2.24) is 0 Å². The van der Waals surface area contributed by atoms with Crippen LogP contribution in [0.25, 0.3) is 0 Å². The lowest BCUT2D eigenvalue weighted by Crippen LogP contribution is -1.92. The van der Waals surface area contributed by atoms with Crippen LogP contribution in [0.1, 0.15) is 15.8 Å². The zero-order valence-corrected chi connectivity index (χ0v) is 14.6. The van der Waals surface area contributed by atoms with Gasteiger partial charge in [-0.05, 0) is 31.2 Å². The number of hydrogen-bond acceptors (Lipinski definition) is 7. The lowest BCUT2D eigenvalue weighted by Gasteiger charge is -1.96. The molecule has 0 fully saturated rings. The van der Waals surface area contributed by atoms with Gasteiger partial charge in [-0.3, -0.25) is 20.2 Å². The minimum absolute atomic E-state index is 0. The van der Waals surface area contributed by atoms with Gasteiger partial charge in [-0.25, -0.2) is 0 Å². The predicted octanol–water partition coefficient (Wildman–Crippen LogP) is 4.41. The summed E-state index contributed by atoms with van der Waals surface area (Å²) >= 11 is 11.0. The van der Waals surface area contributed by atoms with Crippen LogP contribution >= 0.6 is 23.2 Å². The van der Waals surface area contributed by atoms with Gasteiger partial charge in [-0.2, -0.15) is 0 Å². The third-order valence-corrected chi connectivity index (χ3v) is 3.02. The monoisotopic (exact) mass is 408 g/mol. The van der Waals surface area contributed by atoms with Crippen LogP contribution in [0.15, 0.2) is 36.4 Å². The van der Waals surface area contributed by atoms with Crippen LogP contribution in [-0.4, -0.2) is 21.6 Å². The van der Waals surface area contributed by atoms with Gasteiger partial charge in [0.15, 0.2) is 0 Å². The number of anilines is 2. The Morgan fingerprint density at radius 2 is 1.54 bits per heavy atom. The lowest BCUT2D eigenvalue weighted by atomic mass is 10.3. The van der Waals surface area contributed by atoms with Crippen LogP contribution in [0.3, 0.4) is 0 Å². The quantitative estimate of drug-likeness (QED) is 0.376. The molecule has 26 heavy (non-hydrogen) atoms. The SMILES string of the molecule is C.CCO.Nc1ccc(Cl)c(N)c1.O=[N+]([O-])c1ccc(Cl)c([N+](=O)[O-])c1.[2H-]. The smallest absolute Gasteiger partial charge is 0.294 e. The first-order chi connectivity index (χ1) is 11.6. The van der Waals surface area contributed by atoms with Crippen molar-refractivity contribution in [2.24, 2.45) is 0 Å². The first-order valence-electron chi connectivity index (χ1n) is 6.63. The Morgan fingerprint density at radius 1 is 1.04 bits per heavy atom. The molecule has 11 heteroatoms. The van der Waals surface area contributed by atoms with Crippen LogP contribution in [-0.2, 0) is 0 Å². The van der Waals surface area contributed by atoms with Crippen LogP contribution in [0.2, 0.25) is 10.0 Å². The van der Waals surface area contributed by atoms with Gasteiger partial charge in [0, 0.05) is 18.4 Å². The van der Waals surface area contributed by atoms with Crippen molar-refractivity contribution in [3.8, 4) is 0 Å². The maximum Gasteiger partial charge on any atom is 0.294 e. The number of nitrogens with two attached hydrogens (primary N) is 2. The first-order valence-corrected chi connectivity index (χ1v) is 7.39. The number of nitrogen functional groups attached to an aromatic ring is 2. The summed E-state index contributed by atoms with van der Waals surface area (Å²) in [7, 11) is 0. The molecule has 0 saturated carbocycles. The van der Waals surface area contributed by atoms with E-state index in [0.29, 0.717) is 16.4 Å². The second kappa shape index (κ2) is 12.7. The maximum absolute atomic E-state index is 10.3. The van der Waals surface area contributed by atoms with Gasteiger partial charge in [-0.15, -0.1) is 0 Å². The van der Waals surface area contributed by atoms with Crippen molar-refractivity contribution >= 4 is 46.0 Å². The van der Waals surface area contributed by atoms with E-state index in [2.05, 4.69) is 0 Å². The summed E-state index contributed by atoms with van der Waals surface area (Å²) in [6.07, 6.45) is 0. The van der Waals surface area contributed by atoms with Crippen molar-refractivity contribution < 1.29 is 16.4 Å². The predicted molar refractivity (Wildman–Crippen MR) is 106 cm³/mol. The minimum atomic E-state index is -0.769. The molecule has 146 valence electrons. The standard InChI is InChI=1S/C6H3ClN2O4.C6H7ClN2.C2H6O.CH4.H/c7-5-2-1-4(8(10)11)3-6(5)9(12)13;7-5-2-1-4(8)3-6(5)9;1-2-3;;/h1-3H;1-3H,8-9H2;3H,2H2,1H3;1H4;/q;;;;-1/i;;;;1+1. The molecule has 0 radical (unpaired) electrons. The van der Waals surface area contributed by atoms with E-state index in [9.17, 15) is 20.2 Å². The summed E-state index contributed by atoms with van der Waals surface area (Å²) in [6, 6.07) is 8.06. The molecule has 0 aliphatic rings. The summed E-state index contributed by atoms with van der Waals surface area (Å²) in [4.78, 5) is 19.0. The second-order valence-electron chi connectivity index (χ2n) is 4.25. The van der Waals surface area contributed by atoms with Crippen LogP contribution in [0.5, 0.6) is 0 Å². The average Bonchev–Trinajstić information content (AvgIpc) is 2.52. The molecule has 0 unspecified atom stereocenters. The number of benzene rings is 2. The van der Waals surface area contributed by atoms with Crippen LogP contribution < -0.4 is 11.5 Å². The molecule has 0 heterocycles. The molecule has 5 N–H and O–H groups in total. The molecular formula is C15H21Cl2N4O5-. The molecule has 0 aliphatic carbocycles. The zero-order chi connectivity index (χ0) is 19.6. The van der Waals surface area contributed by atoms with E-state index in [1.54, 1.807) is 25.1 Å². The number of non-ortho nitro benzene ring substituents is 1. The highest BCUT2D eigenvalue weighted by molar-refractivity contribution is 6.33. The van der Waals surface area contributed by atoms with Gasteiger partial charge in [0.2, 0.25) is 0 Å².